The van der Waals surface area contributed by atoms with Gasteiger partial charge in [-0.05, 0) is 0 Å². The van der Waals surface area contributed by atoms with Crippen LogP contribution in [0.1, 0.15) is 12.8 Å². The van der Waals surface area contributed by atoms with Crippen LogP contribution < -0.4 is 0 Å². The second kappa shape index (κ2) is 6.33. The number of carbonyl (C=O) groups is 2. The number of rotatable bonds is 5. The molecule has 0 atom stereocenters. The average molecular weight is 204 g/mol. The van der Waals surface area contributed by atoms with E-state index in [0.29, 0.717) is 0 Å². The fourth-order valence-electron chi connectivity index (χ4n) is 0.807. The van der Waals surface area contributed by atoms with Crippen molar-refractivity contribution in [3.8, 4) is 0 Å². The summed E-state index contributed by atoms with van der Waals surface area (Å²) in [6.07, 6.45) is 0.216. The van der Waals surface area contributed by atoms with Gasteiger partial charge in [0.05, 0.1) is 14.2 Å². The van der Waals surface area contributed by atoms with E-state index in [0.717, 1.165) is 5.23 Å². The summed E-state index contributed by atoms with van der Waals surface area (Å²) in [6.45, 7) is 0. The van der Waals surface area contributed by atoms with E-state index in [4.69, 9.17) is 0 Å². The lowest BCUT2D eigenvalue weighted by atomic mass is 10.3. The lowest BCUT2D eigenvalue weighted by Crippen LogP contribution is -2.30. The number of amides is 2. The molecule has 2 amide bonds. The molecule has 6 nitrogen and oxygen atoms in total. The highest BCUT2D eigenvalue weighted by Crippen LogP contribution is 2.00. The van der Waals surface area contributed by atoms with Gasteiger partial charge in [-0.25, -0.2) is 9.68 Å². The molecular weight excluding hydrogens is 188 g/mol. The Morgan fingerprint density at radius 2 is 1.43 bits per heavy atom. The lowest BCUT2D eigenvalue weighted by molar-refractivity contribution is -0.317. The number of hydrogen-bond donors (Lipinski definition) is 0. The summed E-state index contributed by atoms with van der Waals surface area (Å²) in [4.78, 5) is 33.0. The van der Waals surface area contributed by atoms with Crippen LogP contribution in [-0.4, -0.2) is 50.3 Å². The highest BCUT2D eigenvalue weighted by Gasteiger charge is 2.15. The minimum Gasteiger partial charge on any atom is -0.349 e. The Morgan fingerprint density at radius 1 is 1.00 bits per heavy atom. The molecule has 0 unspecified atom stereocenters. The van der Waals surface area contributed by atoms with Crippen molar-refractivity contribution in [2.24, 2.45) is 0 Å². The van der Waals surface area contributed by atoms with Crippen LogP contribution in [0.15, 0.2) is 0 Å². The standard InChI is InChI=1S/C8H16N2O4/c1-9(2)7(11)5-6-8(12)10(13-3)14-4/h5-6H2,1-4H3. The fraction of sp³-hybridized carbons (Fsp3) is 0.750. The first kappa shape index (κ1) is 12.9. The second-order valence-electron chi connectivity index (χ2n) is 2.80. The zero-order valence-electron chi connectivity index (χ0n) is 8.94. The molecule has 0 aromatic rings. The van der Waals surface area contributed by atoms with E-state index >= 15 is 0 Å². The van der Waals surface area contributed by atoms with Crippen molar-refractivity contribution >= 4 is 11.8 Å². The third kappa shape index (κ3) is 4.20. The van der Waals surface area contributed by atoms with Crippen molar-refractivity contribution in [2.75, 3.05) is 28.3 Å². The van der Waals surface area contributed by atoms with Gasteiger partial charge in [-0.1, -0.05) is 5.23 Å². The molecule has 0 N–H and O–H groups in total. The Labute approximate surface area is 83.3 Å². The Balaban J connectivity index is 3.89. The van der Waals surface area contributed by atoms with Gasteiger partial charge < -0.3 is 4.90 Å². The smallest absolute Gasteiger partial charge is 0.274 e. The highest BCUT2D eigenvalue weighted by molar-refractivity contribution is 5.82. The maximum Gasteiger partial charge on any atom is 0.274 e. The predicted molar refractivity (Wildman–Crippen MR) is 48.8 cm³/mol. The summed E-state index contributed by atoms with van der Waals surface area (Å²) < 4.78 is 0. The third-order valence-electron chi connectivity index (χ3n) is 1.59. The Bertz CT molecular complexity index is 202. The summed E-state index contributed by atoms with van der Waals surface area (Å²) in [5.74, 6) is -0.490. The zero-order valence-corrected chi connectivity index (χ0v) is 8.94. The summed E-state index contributed by atoms with van der Waals surface area (Å²) in [5.41, 5.74) is 0. The van der Waals surface area contributed by atoms with E-state index in [2.05, 4.69) is 9.68 Å². The molecule has 0 bridgehead atoms. The van der Waals surface area contributed by atoms with Crippen LogP contribution in [0.25, 0.3) is 0 Å². The normalized spacial score (nSPS) is 9.71. The van der Waals surface area contributed by atoms with Crippen LogP contribution in [0.3, 0.4) is 0 Å². The molecule has 6 heteroatoms. The van der Waals surface area contributed by atoms with Crippen LogP contribution in [-0.2, 0) is 19.3 Å². The van der Waals surface area contributed by atoms with Gasteiger partial charge in [0.25, 0.3) is 5.91 Å². The van der Waals surface area contributed by atoms with Gasteiger partial charge in [-0.15, -0.1) is 0 Å². The van der Waals surface area contributed by atoms with Crippen LogP contribution in [0, 0.1) is 0 Å². The topological polar surface area (TPSA) is 59.1 Å². The van der Waals surface area contributed by atoms with Crippen molar-refractivity contribution in [1.82, 2.24) is 10.1 Å². The Morgan fingerprint density at radius 3 is 1.79 bits per heavy atom. The Kier molecular flexibility index (Phi) is 5.82. The molecule has 82 valence electrons. The molecule has 0 saturated heterocycles. The van der Waals surface area contributed by atoms with Gasteiger partial charge in [0.15, 0.2) is 0 Å². The first-order valence-electron chi connectivity index (χ1n) is 4.14. The van der Waals surface area contributed by atoms with E-state index in [1.165, 1.54) is 19.1 Å². The van der Waals surface area contributed by atoms with Gasteiger partial charge >= 0.3 is 0 Å². The molecule has 0 saturated carbocycles. The number of hydroxylamine groups is 2. The molecular formula is C8H16N2O4. The SMILES string of the molecule is CON(OC)C(=O)CCC(=O)N(C)C. The van der Waals surface area contributed by atoms with Crippen LogP contribution in [0.4, 0.5) is 0 Å². The van der Waals surface area contributed by atoms with Crippen LogP contribution in [0.5, 0.6) is 0 Å². The molecule has 0 spiro atoms. The number of nitrogens with zero attached hydrogens (tertiary/aromatic N) is 2. The van der Waals surface area contributed by atoms with Crippen molar-refractivity contribution < 1.29 is 19.3 Å². The molecule has 0 rings (SSSR count). The van der Waals surface area contributed by atoms with E-state index < -0.39 is 0 Å². The maximum absolute atomic E-state index is 11.2. The minimum atomic E-state index is -0.384. The molecule has 0 fully saturated rings. The van der Waals surface area contributed by atoms with Crippen molar-refractivity contribution in [1.29, 1.82) is 0 Å². The van der Waals surface area contributed by atoms with E-state index in [9.17, 15) is 9.59 Å². The predicted octanol–water partition coefficient (Wildman–Crippen LogP) is -0.194. The van der Waals surface area contributed by atoms with E-state index in [1.54, 1.807) is 14.1 Å². The van der Waals surface area contributed by atoms with Gasteiger partial charge in [0.2, 0.25) is 5.91 Å². The van der Waals surface area contributed by atoms with Gasteiger partial charge in [-0.2, -0.15) is 0 Å². The molecule has 14 heavy (non-hydrogen) atoms. The van der Waals surface area contributed by atoms with Gasteiger partial charge in [0.1, 0.15) is 0 Å². The van der Waals surface area contributed by atoms with E-state index in [1.807, 2.05) is 0 Å². The number of hydrogen-bond acceptors (Lipinski definition) is 4. The second-order valence-corrected chi connectivity index (χ2v) is 2.80. The molecule has 0 aliphatic rings. The lowest BCUT2D eigenvalue weighted by Gasteiger charge is -2.16. The Hall–Kier alpha value is -1.14. The zero-order chi connectivity index (χ0) is 11.1. The summed E-state index contributed by atoms with van der Waals surface area (Å²) in [5, 5.41) is 0.739. The summed E-state index contributed by atoms with van der Waals surface area (Å²) in [7, 11) is 5.90. The fourth-order valence-corrected chi connectivity index (χ4v) is 0.807. The number of carbonyl (C=O) groups excluding carboxylic acids is 2. The van der Waals surface area contributed by atoms with Crippen molar-refractivity contribution in [3.05, 3.63) is 0 Å². The maximum atomic E-state index is 11.2. The average Bonchev–Trinajstić information content (AvgIpc) is 2.15. The van der Waals surface area contributed by atoms with Crippen LogP contribution >= 0.6 is 0 Å². The molecule has 0 heterocycles. The van der Waals surface area contributed by atoms with Gasteiger partial charge in [-0.3, -0.25) is 9.59 Å². The van der Waals surface area contributed by atoms with Crippen molar-refractivity contribution in [3.63, 3.8) is 0 Å². The molecule has 0 aromatic heterocycles. The summed E-state index contributed by atoms with van der Waals surface area (Å²) >= 11 is 0. The quantitative estimate of drug-likeness (QED) is 0.582. The molecule has 0 aliphatic carbocycles. The van der Waals surface area contributed by atoms with Crippen LogP contribution in [0.2, 0.25) is 0 Å². The van der Waals surface area contributed by atoms with Crippen molar-refractivity contribution in [2.45, 2.75) is 12.8 Å². The molecule has 0 radical (unpaired) electrons. The summed E-state index contributed by atoms with van der Waals surface area (Å²) in [6, 6.07) is 0. The molecule has 0 aromatic carbocycles. The first-order valence-corrected chi connectivity index (χ1v) is 4.14. The third-order valence-corrected chi connectivity index (χ3v) is 1.59. The largest absolute Gasteiger partial charge is 0.349 e. The van der Waals surface area contributed by atoms with E-state index in [-0.39, 0.29) is 24.7 Å². The minimum absolute atomic E-state index is 0.0681. The highest BCUT2D eigenvalue weighted by atomic mass is 16.9. The molecule has 0 aliphatic heterocycles. The van der Waals surface area contributed by atoms with Gasteiger partial charge in [0, 0.05) is 26.9 Å². The monoisotopic (exact) mass is 204 g/mol. The first-order chi connectivity index (χ1) is 6.52.